The van der Waals surface area contributed by atoms with Crippen molar-refractivity contribution in [2.24, 2.45) is 0 Å². The number of anilines is 1. The molecular weight excluding hydrogens is 324 g/mol. The Morgan fingerprint density at radius 2 is 1.83 bits per heavy atom. The van der Waals surface area contributed by atoms with Crippen molar-refractivity contribution in [3.05, 3.63) is 64.0 Å². The molecule has 0 unspecified atom stereocenters. The molecule has 24 heavy (non-hydrogen) atoms. The number of furan rings is 1. The van der Waals surface area contributed by atoms with E-state index >= 15 is 0 Å². The second-order valence-corrected chi connectivity index (χ2v) is 6.61. The number of carbonyl (C=O) groups excluding carboxylic acids is 1. The molecule has 0 saturated carbocycles. The minimum absolute atomic E-state index is 0.0650. The molecule has 0 atom stereocenters. The smallest absolute Gasteiger partial charge is 0.289 e. The predicted molar refractivity (Wildman–Crippen MR) is 94.9 cm³/mol. The van der Waals surface area contributed by atoms with Crippen molar-refractivity contribution in [2.75, 3.05) is 31.1 Å². The summed E-state index contributed by atoms with van der Waals surface area (Å²) in [5.74, 6) is 0.268. The molecule has 1 aliphatic rings. The van der Waals surface area contributed by atoms with Gasteiger partial charge in [0.25, 0.3) is 5.91 Å². The maximum Gasteiger partial charge on any atom is 0.289 e. The van der Waals surface area contributed by atoms with Crippen molar-refractivity contribution in [3.63, 3.8) is 0 Å². The molecule has 0 spiro atoms. The summed E-state index contributed by atoms with van der Waals surface area (Å²) < 4.78 is 6.17. The summed E-state index contributed by atoms with van der Waals surface area (Å²) >= 11 is 1.58. The Balaban J connectivity index is 1.53. The van der Waals surface area contributed by atoms with Crippen LogP contribution < -0.4 is 10.3 Å². The second-order valence-electron chi connectivity index (χ2n) is 5.70. The highest BCUT2D eigenvalue weighted by Crippen LogP contribution is 2.22. The molecule has 3 aromatic rings. The Bertz CT molecular complexity index is 925. The Morgan fingerprint density at radius 3 is 2.58 bits per heavy atom. The fraction of sp³-hybridized carbons (Fsp3) is 0.222. The van der Waals surface area contributed by atoms with Gasteiger partial charge in [-0.3, -0.25) is 9.59 Å². The van der Waals surface area contributed by atoms with Gasteiger partial charge in [-0.05, 0) is 24.3 Å². The van der Waals surface area contributed by atoms with E-state index in [1.54, 1.807) is 28.4 Å². The van der Waals surface area contributed by atoms with Crippen LogP contribution in [0.5, 0.6) is 0 Å². The van der Waals surface area contributed by atoms with Crippen LogP contribution in [0.15, 0.2) is 57.3 Å². The second kappa shape index (κ2) is 6.13. The first-order chi connectivity index (χ1) is 11.7. The molecule has 3 heterocycles. The molecule has 4 rings (SSSR count). The van der Waals surface area contributed by atoms with E-state index in [-0.39, 0.29) is 11.3 Å². The van der Waals surface area contributed by atoms with E-state index < -0.39 is 0 Å². The summed E-state index contributed by atoms with van der Waals surface area (Å²) in [6.45, 7) is 2.45. The molecular formula is C18H16N2O3S. The van der Waals surface area contributed by atoms with E-state index in [0.29, 0.717) is 31.9 Å². The molecule has 1 saturated heterocycles. The Hall–Kier alpha value is -2.60. The number of hydrogen-bond acceptors (Lipinski definition) is 5. The molecule has 122 valence electrons. The Labute approximate surface area is 142 Å². The van der Waals surface area contributed by atoms with Gasteiger partial charge in [-0.25, -0.2) is 0 Å². The van der Waals surface area contributed by atoms with Gasteiger partial charge in [0.05, 0.1) is 12.0 Å². The van der Waals surface area contributed by atoms with Crippen LogP contribution in [0.4, 0.5) is 5.69 Å². The van der Waals surface area contributed by atoms with Crippen LogP contribution in [0.1, 0.15) is 10.6 Å². The lowest BCUT2D eigenvalue weighted by atomic mass is 10.2. The first-order valence-electron chi connectivity index (χ1n) is 7.82. The lowest BCUT2D eigenvalue weighted by Crippen LogP contribution is -2.49. The molecule has 0 aliphatic carbocycles. The third-order valence-corrected chi connectivity index (χ3v) is 5.25. The van der Waals surface area contributed by atoms with Gasteiger partial charge in [0.15, 0.2) is 5.76 Å². The van der Waals surface area contributed by atoms with Gasteiger partial charge in [-0.15, -0.1) is 11.3 Å². The molecule has 0 radical (unpaired) electrons. The molecule has 1 amide bonds. The predicted octanol–water partition coefficient (Wildman–Crippen LogP) is 2.82. The van der Waals surface area contributed by atoms with Crippen molar-refractivity contribution >= 4 is 33.0 Å². The van der Waals surface area contributed by atoms with E-state index in [4.69, 9.17) is 4.42 Å². The molecule has 1 fully saturated rings. The van der Waals surface area contributed by atoms with Crippen LogP contribution in [0.3, 0.4) is 0 Å². The van der Waals surface area contributed by atoms with Gasteiger partial charge in [0, 0.05) is 41.6 Å². The average Bonchev–Trinajstić information content (AvgIpc) is 3.17. The van der Waals surface area contributed by atoms with Crippen molar-refractivity contribution in [1.29, 1.82) is 0 Å². The van der Waals surface area contributed by atoms with Crippen LogP contribution in [0.25, 0.3) is 10.1 Å². The third-order valence-electron chi connectivity index (χ3n) is 4.30. The summed E-state index contributed by atoms with van der Waals surface area (Å²) in [5.41, 5.74) is 0.791. The van der Waals surface area contributed by atoms with Gasteiger partial charge in [0.2, 0.25) is 5.43 Å². The number of fused-ring (bicyclic) bond motifs is 1. The SMILES string of the molecule is O=C(c1ccco1)N1CCN(c2csc3ccccc3c2=O)CC1. The lowest BCUT2D eigenvalue weighted by Gasteiger charge is -2.35. The Kier molecular flexibility index (Phi) is 3.82. The first kappa shape index (κ1) is 15.0. The average molecular weight is 340 g/mol. The number of amides is 1. The number of benzene rings is 1. The number of rotatable bonds is 2. The maximum atomic E-state index is 12.7. The minimum Gasteiger partial charge on any atom is -0.459 e. The maximum absolute atomic E-state index is 12.7. The normalized spacial score (nSPS) is 15.0. The highest BCUT2D eigenvalue weighted by Gasteiger charge is 2.25. The minimum atomic E-state index is -0.0941. The number of piperazine rings is 1. The van der Waals surface area contributed by atoms with Crippen LogP contribution in [-0.2, 0) is 0 Å². The topological polar surface area (TPSA) is 53.8 Å². The van der Waals surface area contributed by atoms with Gasteiger partial charge in [-0.1, -0.05) is 12.1 Å². The van der Waals surface area contributed by atoms with Crippen LogP contribution in [0.2, 0.25) is 0 Å². The molecule has 0 N–H and O–H groups in total. The van der Waals surface area contributed by atoms with Crippen molar-refractivity contribution in [2.45, 2.75) is 0 Å². The van der Waals surface area contributed by atoms with Crippen LogP contribution in [-0.4, -0.2) is 37.0 Å². The fourth-order valence-electron chi connectivity index (χ4n) is 2.99. The van der Waals surface area contributed by atoms with Gasteiger partial charge in [-0.2, -0.15) is 0 Å². The molecule has 1 aromatic carbocycles. The summed E-state index contributed by atoms with van der Waals surface area (Å²) in [7, 11) is 0. The quantitative estimate of drug-likeness (QED) is 0.720. The van der Waals surface area contributed by atoms with Crippen molar-refractivity contribution in [1.82, 2.24) is 4.90 Å². The summed E-state index contributed by atoms with van der Waals surface area (Å²) in [4.78, 5) is 28.8. The Morgan fingerprint density at radius 1 is 1.04 bits per heavy atom. The monoisotopic (exact) mass is 340 g/mol. The zero-order chi connectivity index (χ0) is 16.5. The highest BCUT2D eigenvalue weighted by atomic mass is 32.1. The van der Waals surface area contributed by atoms with E-state index in [9.17, 15) is 9.59 Å². The zero-order valence-corrected chi connectivity index (χ0v) is 13.8. The van der Waals surface area contributed by atoms with Gasteiger partial charge >= 0.3 is 0 Å². The lowest BCUT2D eigenvalue weighted by molar-refractivity contribution is 0.0714. The molecule has 0 bridgehead atoms. The van der Waals surface area contributed by atoms with Crippen molar-refractivity contribution in [3.8, 4) is 0 Å². The van der Waals surface area contributed by atoms with E-state index in [2.05, 4.69) is 4.90 Å². The van der Waals surface area contributed by atoms with Crippen LogP contribution in [0, 0.1) is 0 Å². The summed E-state index contributed by atoms with van der Waals surface area (Å²) in [6, 6.07) is 11.1. The van der Waals surface area contributed by atoms with Gasteiger partial charge in [0.1, 0.15) is 0 Å². The number of hydrogen-bond donors (Lipinski definition) is 0. The standard InChI is InChI=1S/C18H16N2O3S/c21-17-13-4-1-2-6-16(13)24-12-14(17)19-7-9-20(10-8-19)18(22)15-5-3-11-23-15/h1-6,11-12H,7-10H2. The van der Waals surface area contributed by atoms with E-state index in [1.807, 2.05) is 29.6 Å². The fourth-order valence-corrected chi connectivity index (χ4v) is 3.93. The molecule has 1 aliphatic heterocycles. The first-order valence-corrected chi connectivity index (χ1v) is 8.70. The number of carbonyl (C=O) groups is 1. The summed E-state index contributed by atoms with van der Waals surface area (Å²) in [6.07, 6.45) is 1.50. The van der Waals surface area contributed by atoms with Crippen molar-refractivity contribution < 1.29 is 9.21 Å². The third kappa shape index (κ3) is 2.59. The van der Waals surface area contributed by atoms with E-state index in [1.165, 1.54) is 6.26 Å². The van der Waals surface area contributed by atoms with Crippen LogP contribution >= 0.6 is 11.3 Å². The molecule has 6 heteroatoms. The molecule has 5 nitrogen and oxygen atoms in total. The van der Waals surface area contributed by atoms with Gasteiger partial charge < -0.3 is 14.2 Å². The zero-order valence-electron chi connectivity index (χ0n) is 13.0. The largest absolute Gasteiger partial charge is 0.459 e. The number of nitrogens with zero attached hydrogens (tertiary/aromatic N) is 2. The highest BCUT2D eigenvalue weighted by molar-refractivity contribution is 7.16. The van der Waals surface area contributed by atoms with E-state index in [0.717, 1.165) is 15.8 Å². The molecule has 2 aromatic heterocycles. The summed E-state index contributed by atoms with van der Waals surface area (Å²) in [5, 5.41) is 2.68.